The van der Waals surface area contributed by atoms with Gasteiger partial charge in [0.2, 0.25) is 0 Å². The quantitative estimate of drug-likeness (QED) is 0.736. The molecule has 2 heterocycles. The monoisotopic (exact) mass is 332 g/mol. The van der Waals surface area contributed by atoms with Gasteiger partial charge in [-0.1, -0.05) is 11.3 Å². The molecule has 120 valence electrons. The van der Waals surface area contributed by atoms with Gasteiger partial charge in [0.1, 0.15) is 21.7 Å². The Hall–Kier alpha value is -2.54. The summed E-state index contributed by atoms with van der Waals surface area (Å²) in [7, 11) is 3.23. The van der Waals surface area contributed by atoms with E-state index in [-0.39, 0.29) is 5.76 Å². The number of fused-ring (bicyclic) bond motifs is 1. The fourth-order valence-corrected chi connectivity index (χ4v) is 3.58. The third-order valence-electron chi connectivity index (χ3n) is 3.44. The molecule has 2 aromatic heterocycles. The lowest BCUT2D eigenvalue weighted by molar-refractivity contribution is 0.0971. The Morgan fingerprint density at radius 1 is 1.26 bits per heavy atom. The molecule has 0 aliphatic carbocycles. The molecule has 0 bridgehead atoms. The van der Waals surface area contributed by atoms with Gasteiger partial charge in [-0.15, -0.1) is 0 Å². The first-order chi connectivity index (χ1) is 11.2. The largest absolute Gasteiger partial charge is 0.495 e. The predicted octanol–water partition coefficient (Wildman–Crippen LogP) is 3.07. The van der Waals surface area contributed by atoms with E-state index in [9.17, 15) is 4.79 Å². The second-order valence-corrected chi connectivity index (χ2v) is 5.65. The number of aromatic nitrogens is 1. The van der Waals surface area contributed by atoms with Crippen molar-refractivity contribution in [1.82, 2.24) is 4.57 Å². The summed E-state index contributed by atoms with van der Waals surface area (Å²) in [5, 5.41) is 0. The predicted molar refractivity (Wildman–Crippen MR) is 87.2 cm³/mol. The first kappa shape index (κ1) is 15.4. The number of nitrogens with zero attached hydrogens (tertiary/aromatic N) is 2. The van der Waals surface area contributed by atoms with Crippen LogP contribution in [0.2, 0.25) is 0 Å². The molecule has 1 aromatic carbocycles. The van der Waals surface area contributed by atoms with Crippen LogP contribution in [0, 0.1) is 0 Å². The number of amides is 1. The van der Waals surface area contributed by atoms with E-state index >= 15 is 0 Å². The van der Waals surface area contributed by atoms with Gasteiger partial charge in [-0.05, 0) is 31.2 Å². The van der Waals surface area contributed by atoms with Crippen LogP contribution in [0.15, 0.2) is 39.9 Å². The minimum absolute atomic E-state index is 0.212. The highest BCUT2D eigenvalue weighted by molar-refractivity contribution is 7.16. The molecule has 3 aromatic rings. The number of carbonyl (C=O) groups excluding carboxylic acids is 1. The lowest BCUT2D eigenvalue weighted by Crippen LogP contribution is -2.16. The average molecular weight is 332 g/mol. The van der Waals surface area contributed by atoms with Crippen molar-refractivity contribution in [2.45, 2.75) is 13.5 Å². The highest BCUT2D eigenvalue weighted by Crippen LogP contribution is 2.35. The summed E-state index contributed by atoms with van der Waals surface area (Å²) in [6.45, 7) is 2.63. The number of furan rings is 1. The van der Waals surface area contributed by atoms with Crippen molar-refractivity contribution >= 4 is 27.5 Å². The maximum Gasteiger partial charge on any atom is 0.315 e. The van der Waals surface area contributed by atoms with Gasteiger partial charge in [-0.25, -0.2) is 0 Å². The SMILES string of the molecule is CCn1c(=NC(=O)c2ccco2)sc2c(OC)ccc(OC)c21. The second kappa shape index (κ2) is 6.29. The maximum absolute atomic E-state index is 12.2. The molecule has 0 fully saturated rings. The van der Waals surface area contributed by atoms with Gasteiger partial charge in [-0.2, -0.15) is 4.99 Å². The minimum Gasteiger partial charge on any atom is -0.495 e. The molecule has 7 heteroatoms. The van der Waals surface area contributed by atoms with Gasteiger partial charge in [0, 0.05) is 6.54 Å². The van der Waals surface area contributed by atoms with Crippen molar-refractivity contribution in [2.24, 2.45) is 4.99 Å². The molecule has 0 saturated heterocycles. The molecule has 0 saturated carbocycles. The van der Waals surface area contributed by atoms with E-state index in [4.69, 9.17) is 13.9 Å². The number of thiazole rings is 1. The standard InChI is InChI=1S/C16H16N2O4S/c1-4-18-13-10(20-2)7-8-11(21-3)14(13)23-16(18)17-15(19)12-6-5-9-22-12/h5-9H,4H2,1-3H3. The number of aryl methyl sites for hydroxylation is 1. The number of ether oxygens (including phenoxy) is 2. The molecule has 0 unspecified atom stereocenters. The average Bonchev–Trinajstić information content (AvgIpc) is 3.21. The summed E-state index contributed by atoms with van der Waals surface area (Å²) in [4.78, 5) is 17.0. The topological polar surface area (TPSA) is 66.0 Å². The summed E-state index contributed by atoms with van der Waals surface area (Å²) in [6.07, 6.45) is 1.45. The van der Waals surface area contributed by atoms with Gasteiger partial charge in [0.15, 0.2) is 10.6 Å². The molecule has 23 heavy (non-hydrogen) atoms. The van der Waals surface area contributed by atoms with E-state index < -0.39 is 5.91 Å². The Morgan fingerprint density at radius 3 is 2.61 bits per heavy atom. The van der Waals surface area contributed by atoms with E-state index in [0.29, 0.717) is 17.1 Å². The van der Waals surface area contributed by atoms with E-state index in [1.807, 2.05) is 23.6 Å². The van der Waals surface area contributed by atoms with Gasteiger partial charge in [0.05, 0.1) is 20.5 Å². The Labute approximate surface area is 136 Å². The van der Waals surface area contributed by atoms with Crippen molar-refractivity contribution in [3.8, 4) is 11.5 Å². The van der Waals surface area contributed by atoms with Crippen LogP contribution in [0.4, 0.5) is 0 Å². The Balaban J connectivity index is 2.27. The number of methoxy groups -OCH3 is 2. The fourth-order valence-electron chi connectivity index (χ4n) is 2.38. The van der Waals surface area contributed by atoms with Crippen LogP contribution in [-0.4, -0.2) is 24.7 Å². The third kappa shape index (κ3) is 2.63. The van der Waals surface area contributed by atoms with Crippen molar-refractivity contribution in [3.05, 3.63) is 41.1 Å². The smallest absolute Gasteiger partial charge is 0.315 e. The van der Waals surface area contributed by atoms with Gasteiger partial charge in [0.25, 0.3) is 0 Å². The van der Waals surface area contributed by atoms with Crippen molar-refractivity contribution in [1.29, 1.82) is 0 Å². The maximum atomic E-state index is 12.2. The molecular weight excluding hydrogens is 316 g/mol. The molecular formula is C16H16N2O4S. The van der Waals surface area contributed by atoms with Crippen molar-refractivity contribution in [3.63, 3.8) is 0 Å². The number of hydrogen-bond acceptors (Lipinski definition) is 5. The number of hydrogen-bond donors (Lipinski definition) is 0. The number of rotatable bonds is 4. The molecule has 6 nitrogen and oxygen atoms in total. The summed E-state index contributed by atoms with van der Waals surface area (Å²) in [6, 6.07) is 6.94. The Morgan fingerprint density at radius 2 is 2.00 bits per heavy atom. The van der Waals surface area contributed by atoms with Gasteiger partial charge >= 0.3 is 5.91 Å². The molecule has 1 amide bonds. The molecule has 0 aliphatic heterocycles. The van der Waals surface area contributed by atoms with Gasteiger partial charge < -0.3 is 18.5 Å². The van der Waals surface area contributed by atoms with Crippen LogP contribution < -0.4 is 14.3 Å². The van der Waals surface area contributed by atoms with Crippen LogP contribution in [-0.2, 0) is 6.54 Å². The normalized spacial score (nSPS) is 11.9. The second-order valence-electron chi connectivity index (χ2n) is 4.67. The zero-order chi connectivity index (χ0) is 16.4. The molecule has 3 rings (SSSR count). The first-order valence-corrected chi connectivity index (χ1v) is 7.88. The molecule has 0 radical (unpaired) electrons. The highest BCUT2D eigenvalue weighted by Gasteiger charge is 2.16. The van der Waals surface area contributed by atoms with Crippen molar-refractivity contribution < 1.29 is 18.7 Å². The minimum atomic E-state index is -0.415. The zero-order valence-corrected chi connectivity index (χ0v) is 13.8. The summed E-state index contributed by atoms with van der Waals surface area (Å²) >= 11 is 1.38. The third-order valence-corrected chi connectivity index (χ3v) is 4.53. The molecule has 0 N–H and O–H groups in total. The van der Waals surface area contributed by atoms with Crippen LogP contribution in [0.5, 0.6) is 11.5 Å². The van der Waals surface area contributed by atoms with Crippen molar-refractivity contribution in [2.75, 3.05) is 14.2 Å². The van der Waals surface area contributed by atoms with E-state index in [1.165, 1.54) is 17.6 Å². The van der Waals surface area contributed by atoms with Crippen LogP contribution in [0.25, 0.3) is 10.2 Å². The molecule has 0 aliphatic rings. The van der Waals surface area contributed by atoms with Crippen LogP contribution in [0.1, 0.15) is 17.5 Å². The van der Waals surface area contributed by atoms with Crippen LogP contribution in [0.3, 0.4) is 0 Å². The van der Waals surface area contributed by atoms with Gasteiger partial charge in [-0.3, -0.25) is 4.79 Å². The highest BCUT2D eigenvalue weighted by atomic mass is 32.1. The van der Waals surface area contributed by atoms with Crippen LogP contribution >= 0.6 is 11.3 Å². The first-order valence-electron chi connectivity index (χ1n) is 7.06. The number of benzene rings is 1. The summed E-state index contributed by atoms with van der Waals surface area (Å²) < 4.78 is 18.8. The number of carbonyl (C=O) groups is 1. The Bertz CT molecular complexity index is 906. The molecule has 0 spiro atoms. The lowest BCUT2D eigenvalue weighted by Gasteiger charge is -2.08. The molecule has 0 atom stereocenters. The Kier molecular flexibility index (Phi) is 4.20. The lowest BCUT2D eigenvalue weighted by atomic mass is 10.3. The van der Waals surface area contributed by atoms with E-state index in [1.54, 1.807) is 26.4 Å². The fraction of sp³-hybridized carbons (Fsp3) is 0.250. The summed E-state index contributed by atoms with van der Waals surface area (Å²) in [5.74, 6) is 1.23. The summed E-state index contributed by atoms with van der Waals surface area (Å²) in [5.41, 5.74) is 0.866. The van der Waals surface area contributed by atoms with E-state index in [2.05, 4.69) is 4.99 Å². The zero-order valence-electron chi connectivity index (χ0n) is 13.0. The van der Waals surface area contributed by atoms with E-state index in [0.717, 1.165) is 16.0 Å².